The molecule has 1 aromatic rings. The summed E-state index contributed by atoms with van der Waals surface area (Å²) in [5.41, 5.74) is 0. The Morgan fingerprint density at radius 3 is 3.14 bits per heavy atom. The van der Waals surface area contributed by atoms with Crippen LogP contribution in [0, 0.1) is 18.3 Å². The molecule has 0 fully saturated rings. The Morgan fingerprint density at radius 2 is 2.57 bits per heavy atom. The summed E-state index contributed by atoms with van der Waals surface area (Å²) in [6.07, 6.45) is 2.74. The number of unbranched alkanes of at least 4 members (excludes halogenated alkanes) is 1. The molecule has 5 heteroatoms. The largest absolute Gasteiger partial charge is 0.351 e. The second kappa shape index (κ2) is 5.35. The smallest absolute Gasteiger partial charge is 0.263 e. The summed E-state index contributed by atoms with van der Waals surface area (Å²) in [5.74, 6) is -0.103. The molecule has 0 radical (unpaired) electrons. The molecule has 1 amide bonds. The standard InChI is InChI=1S/C9H11N3OS/c1-7-12-6-8(14-7)9(13)11-5-3-2-4-10/h6H,2-3,5H2,1H3,(H,11,13). The van der Waals surface area contributed by atoms with Crippen molar-refractivity contribution in [3.63, 3.8) is 0 Å². The van der Waals surface area contributed by atoms with Crippen molar-refractivity contribution in [3.05, 3.63) is 16.1 Å². The van der Waals surface area contributed by atoms with Gasteiger partial charge in [-0.2, -0.15) is 5.26 Å². The highest BCUT2D eigenvalue weighted by Crippen LogP contribution is 2.10. The Labute approximate surface area is 86.6 Å². The summed E-state index contributed by atoms with van der Waals surface area (Å²) < 4.78 is 0. The molecular formula is C9H11N3OS. The molecule has 0 spiro atoms. The summed E-state index contributed by atoms with van der Waals surface area (Å²) in [4.78, 5) is 16.0. The SMILES string of the molecule is Cc1ncc(C(=O)NCCCC#N)s1. The van der Waals surface area contributed by atoms with Crippen LogP contribution in [0.1, 0.15) is 27.5 Å². The first-order chi connectivity index (χ1) is 6.74. The van der Waals surface area contributed by atoms with E-state index in [1.807, 2.05) is 13.0 Å². The molecule has 0 saturated carbocycles. The van der Waals surface area contributed by atoms with Crippen molar-refractivity contribution in [2.45, 2.75) is 19.8 Å². The third kappa shape index (κ3) is 3.15. The number of rotatable bonds is 4. The molecular weight excluding hydrogens is 198 g/mol. The number of nitrogens with zero attached hydrogens (tertiary/aromatic N) is 2. The number of aromatic nitrogens is 1. The molecule has 0 aromatic carbocycles. The average molecular weight is 209 g/mol. The molecule has 1 aromatic heterocycles. The van der Waals surface area contributed by atoms with Crippen molar-refractivity contribution in [1.29, 1.82) is 5.26 Å². The lowest BCUT2D eigenvalue weighted by atomic mass is 10.3. The number of thiazole rings is 1. The van der Waals surface area contributed by atoms with Gasteiger partial charge in [-0.25, -0.2) is 4.98 Å². The van der Waals surface area contributed by atoms with E-state index in [9.17, 15) is 4.79 Å². The third-order valence-corrected chi connectivity index (χ3v) is 2.51. The van der Waals surface area contributed by atoms with Gasteiger partial charge in [-0.05, 0) is 13.3 Å². The molecule has 0 bridgehead atoms. The minimum atomic E-state index is -0.103. The number of hydrogen-bond acceptors (Lipinski definition) is 4. The average Bonchev–Trinajstić information content (AvgIpc) is 2.59. The van der Waals surface area contributed by atoms with Crippen molar-refractivity contribution < 1.29 is 4.79 Å². The van der Waals surface area contributed by atoms with E-state index in [1.54, 1.807) is 6.20 Å². The highest BCUT2D eigenvalue weighted by Gasteiger charge is 2.07. The number of nitriles is 1. The zero-order chi connectivity index (χ0) is 10.4. The maximum absolute atomic E-state index is 11.4. The van der Waals surface area contributed by atoms with Gasteiger partial charge in [-0.1, -0.05) is 0 Å². The van der Waals surface area contributed by atoms with Gasteiger partial charge in [0.1, 0.15) is 4.88 Å². The van der Waals surface area contributed by atoms with E-state index < -0.39 is 0 Å². The highest BCUT2D eigenvalue weighted by atomic mass is 32.1. The lowest BCUT2D eigenvalue weighted by Crippen LogP contribution is -2.23. The predicted molar refractivity (Wildman–Crippen MR) is 54.0 cm³/mol. The first-order valence-electron chi connectivity index (χ1n) is 4.31. The number of carbonyl (C=O) groups is 1. The van der Waals surface area contributed by atoms with Crippen LogP contribution >= 0.6 is 11.3 Å². The van der Waals surface area contributed by atoms with Crippen LogP contribution in [0.2, 0.25) is 0 Å². The van der Waals surface area contributed by atoms with Gasteiger partial charge in [0.25, 0.3) is 5.91 Å². The molecule has 0 saturated heterocycles. The van der Waals surface area contributed by atoms with Crippen molar-refractivity contribution >= 4 is 17.2 Å². The van der Waals surface area contributed by atoms with Gasteiger partial charge < -0.3 is 5.32 Å². The second-order valence-corrected chi connectivity index (χ2v) is 4.00. The minimum Gasteiger partial charge on any atom is -0.351 e. The summed E-state index contributed by atoms with van der Waals surface area (Å²) in [6.45, 7) is 2.40. The van der Waals surface area contributed by atoms with Gasteiger partial charge in [0.05, 0.1) is 17.3 Å². The van der Waals surface area contributed by atoms with Crippen LogP contribution in [0.15, 0.2) is 6.20 Å². The number of aryl methyl sites for hydroxylation is 1. The van der Waals surface area contributed by atoms with Gasteiger partial charge in [0.15, 0.2) is 0 Å². The van der Waals surface area contributed by atoms with Crippen LogP contribution < -0.4 is 5.32 Å². The predicted octanol–water partition coefficient (Wildman–Crippen LogP) is 1.49. The number of carbonyl (C=O) groups excluding carboxylic acids is 1. The Balaban J connectivity index is 2.33. The molecule has 74 valence electrons. The lowest BCUT2D eigenvalue weighted by molar-refractivity contribution is 0.0957. The van der Waals surface area contributed by atoms with Crippen LogP contribution in [0.5, 0.6) is 0 Å². The topological polar surface area (TPSA) is 65.8 Å². The van der Waals surface area contributed by atoms with Gasteiger partial charge in [-0.15, -0.1) is 11.3 Å². The normalized spacial score (nSPS) is 9.43. The van der Waals surface area contributed by atoms with Crippen LogP contribution in [-0.4, -0.2) is 17.4 Å². The number of hydrogen-bond donors (Lipinski definition) is 1. The summed E-state index contributed by atoms with van der Waals surface area (Å²) in [6, 6.07) is 2.02. The van der Waals surface area contributed by atoms with Crippen molar-refractivity contribution in [2.24, 2.45) is 0 Å². The van der Waals surface area contributed by atoms with Crippen LogP contribution in [0.4, 0.5) is 0 Å². The van der Waals surface area contributed by atoms with E-state index in [4.69, 9.17) is 5.26 Å². The summed E-state index contributed by atoms with van der Waals surface area (Å²) >= 11 is 1.37. The second-order valence-electron chi connectivity index (χ2n) is 2.76. The Hall–Kier alpha value is -1.41. The van der Waals surface area contributed by atoms with Crippen molar-refractivity contribution in [3.8, 4) is 6.07 Å². The fourth-order valence-corrected chi connectivity index (χ4v) is 1.62. The number of amides is 1. The van der Waals surface area contributed by atoms with E-state index in [1.165, 1.54) is 11.3 Å². The molecule has 0 atom stereocenters. The van der Waals surface area contributed by atoms with Crippen molar-refractivity contribution in [1.82, 2.24) is 10.3 Å². The first kappa shape index (κ1) is 10.7. The van der Waals surface area contributed by atoms with E-state index in [0.717, 1.165) is 5.01 Å². The molecule has 0 aliphatic heterocycles. The summed E-state index contributed by atoms with van der Waals surface area (Å²) in [7, 11) is 0. The summed E-state index contributed by atoms with van der Waals surface area (Å²) in [5, 5.41) is 11.9. The minimum absolute atomic E-state index is 0.103. The van der Waals surface area contributed by atoms with Crippen molar-refractivity contribution in [2.75, 3.05) is 6.54 Å². The Morgan fingerprint density at radius 1 is 1.79 bits per heavy atom. The highest BCUT2D eigenvalue weighted by molar-refractivity contribution is 7.13. The van der Waals surface area contributed by atoms with Gasteiger partial charge in [-0.3, -0.25) is 4.79 Å². The molecule has 4 nitrogen and oxygen atoms in total. The van der Waals surface area contributed by atoms with Gasteiger partial charge in [0, 0.05) is 13.0 Å². The molecule has 1 rings (SSSR count). The zero-order valence-electron chi connectivity index (χ0n) is 7.91. The van der Waals surface area contributed by atoms with E-state index in [0.29, 0.717) is 24.3 Å². The van der Waals surface area contributed by atoms with Crippen LogP contribution in [-0.2, 0) is 0 Å². The third-order valence-electron chi connectivity index (χ3n) is 1.60. The fraction of sp³-hybridized carbons (Fsp3) is 0.444. The Kier molecular flexibility index (Phi) is 4.08. The number of nitrogens with one attached hydrogen (secondary N) is 1. The molecule has 1 heterocycles. The van der Waals surface area contributed by atoms with Crippen LogP contribution in [0.25, 0.3) is 0 Å². The maximum Gasteiger partial charge on any atom is 0.263 e. The van der Waals surface area contributed by atoms with Crippen LogP contribution in [0.3, 0.4) is 0 Å². The first-order valence-corrected chi connectivity index (χ1v) is 5.13. The Bertz CT molecular complexity index is 353. The van der Waals surface area contributed by atoms with Gasteiger partial charge >= 0.3 is 0 Å². The maximum atomic E-state index is 11.4. The lowest BCUT2D eigenvalue weighted by Gasteiger charge is -1.99. The zero-order valence-corrected chi connectivity index (χ0v) is 8.73. The molecule has 14 heavy (non-hydrogen) atoms. The molecule has 0 unspecified atom stereocenters. The molecule has 1 N–H and O–H groups in total. The van der Waals surface area contributed by atoms with E-state index in [-0.39, 0.29) is 5.91 Å². The molecule has 0 aliphatic carbocycles. The molecule has 0 aliphatic rings. The van der Waals surface area contributed by atoms with Gasteiger partial charge in [0.2, 0.25) is 0 Å². The monoisotopic (exact) mass is 209 g/mol. The fourth-order valence-electron chi connectivity index (χ4n) is 0.923. The van der Waals surface area contributed by atoms with E-state index >= 15 is 0 Å². The quantitative estimate of drug-likeness (QED) is 0.764. The van der Waals surface area contributed by atoms with E-state index in [2.05, 4.69) is 10.3 Å².